The zero-order chi connectivity index (χ0) is 17.4. The molecule has 4 rings (SSSR count). The standard InChI is InChI=1S/C17H18N6O2/c1-22-5-6-23(10-16(22)24)14-7-11(3-4-18-14)17-12-8-15(25-2)19-9-13(12)20-21-17/h3-4,7-9H,5-6,10H2,1-2H3,(H,20,21). The highest BCUT2D eigenvalue weighted by molar-refractivity contribution is 5.93. The molecule has 0 saturated carbocycles. The molecule has 8 heteroatoms. The number of rotatable bonds is 3. The SMILES string of the molecule is COc1cc2c(-c3ccnc(N4CCN(C)C(=O)C4)c3)n[nH]c2cn1. The molecular formula is C17H18N6O2. The first-order chi connectivity index (χ1) is 12.2. The molecule has 1 amide bonds. The Morgan fingerprint density at radius 1 is 1.24 bits per heavy atom. The van der Waals surface area contributed by atoms with Crippen LogP contribution in [-0.2, 0) is 4.79 Å². The number of nitrogens with zero attached hydrogens (tertiary/aromatic N) is 5. The van der Waals surface area contributed by atoms with E-state index in [0.717, 1.165) is 34.5 Å². The van der Waals surface area contributed by atoms with Crippen molar-refractivity contribution in [3.8, 4) is 17.1 Å². The number of carbonyl (C=O) groups excluding carboxylic acids is 1. The zero-order valence-electron chi connectivity index (χ0n) is 14.1. The number of fused-ring (bicyclic) bond motifs is 1. The molecule has 128 valence electrons. The number of likely N-dealkylation sites (N-methyl/N-ethyl adjacent to an activating group) is 1. The number of hydrogen-bond acceptors (Lipinski definition) is 6. The van der Waals surface area contributed by atoms with Gasteiger partial charge in [-0.1, -0.05) is 0 Å². The molecule has 25 heavy (non-hydrogen) atoms. The molecule has 0 bridgehead atoms. The van der Waals surface area contributed by atoms with E-state index in [4.69, 9.17) is 4.74 Å². The average molecular weight is 338 g/mol. The predicted molar refractivity (Wildman–Crippen MR) is 93.5 cm³/mol. The molecule has 1 aliphatic heterocycles. The number of hydrogen-bond donors (Lipinski definition) is 1. The zero-order valence-corrected chi connectivity index (χ0v) is 14.1. The molecule has 0 aromatic carbocycles. The van der Waals surface area contributed by atoms with Crippen LogP contribution in [0.2, 0.25) is 0 Å². The molecule has 0 atom stereocenters. The first kappa shape index (κ1) is 15.4. The number of aromatic amines is 1. The third-order valence-corrected chi connectivity index (χ3v) is 4.43. The Morgan fingerprint density at radius 2 is 2.12 bits per heavy atom. The third-order valence-electron chi connectivity index (χ3n) is 4.43. The van der Waals surface area contributed by atoms with Crippen LogP contribution in [0.4, 0.5) is 5.82 Å². The number of carbonyl (C=O) groups is 1. The number of H-pyrrole nitrogens is 1. The molecule has 0 spiro atoms. The lowest BCUT2D eigenvalue weighted by atomic mass is 10.1. The van der Waals surface area contributed by atoms with Gasteiger partial charge in [-0.25, -0.2) is 9.97 Å². The number of pyridine rings is 2. The van der Waals surface area contributed by atoms with E-state index in [0.29, 0.717) is 19.0 Å². The summed E-state index contributed by atoms with van der Waals surface area (Å²) in [6.45, 7) is 1.79. The molecule has 3 aromatic heterocycles. The van der Waals surface area contributed by atoms with Gasteiger partial charge in [0.1, 0.15) is 11.5 Å². The minimum absolute atomic E-state index is 0.0967. The Morgan fingerprint density at radius 3 is 2.92 bits per heavy atom. The van der Waals surface area contributed by atoms with Crippen molar-refractivity contribution < 1.29 is 9.53 Å². The van der Waals surface area contributed by atoms with Gasteiger partial charge in [-0.15, -0.1) is 0 Å². The average Bonchev–Trinajstić information content (AvgIpc) is 3.07. The molecule has 3 aromatic rings. The number of anilines is 1. The van der Waals surface area contributed by atoms with Crippen molar-refractivity contribution in [3.05, 3.63) is 30.6 Å². The second-order valence-electron chi connectivity index (χ2n) is 5.98. The summed E-state index contributed by atoms with van der Waals surface area (Å²) < 4.78 is 5.21. The normalized spacial score (nSPS) is 15.0. The van der Waals surface area contributed by atoms with Crippen LogP contribution >= 0.6 is 0 Å². The molecular weight excluding hydrogens is 320 g/mol. The van der Waals surface area contributed by atoms with Crippen molar-refractivity contribution in [2.75, 3.05) is 38.7 Å². The molecule has 1 aliphatic rings. The number of ether oxygens (including phenoxy) is 1. The smallest absolute Gasteiger partial charge is 0.241 e. The number of methoxy groups -OCH3 is 1. The maximum Gasteiger partial charge on any atom is 0.241 e. The lowest BCUT2D eigenvalue weighted by Gasteiger charge is -2.32. The molecule has 0 radical (unpaired) electrons. The highest BCUT2D eigenvalue weighted by Crippen LogP contribution is 2.29. The first-order valence-corrected chi connectivity index (χ1v) is 7.99. The second kappa shape index (κ2) is 6.04. The maximum atomic E-state index is 12.0. The molecule has 1 fully saturated rings. The summed E-state index contributed by atoms with van der Waals surface area (Å²) in [4.78, 5) is 24.3. The van der Waals surface area contributed by atoms with E-state index >= 15 is 0 Å². The van der Waals surface area contributed by atoms with Crippen molar-refractivity contribution >= 4 is 22.6 Å². The van der Waals surface area contributed by atoms with E-state index in [1.807, 2.05) is 30.1 Å². The Labute approximate surface area is 144 Å². The summed E-state index contributed by atoms with van der Waals surface area (Å²) >= 11 is 0. The summed E-state index contributed by atoms with van der Waals surface area (Å²) in [5.41, 5.74) is 2.57. The number of aromatic nitrogens is 4. The number of amides is 1. The lowest BCUT2D eigenvalue weighted by Crippen LogP contribution is -2.48. The van der Waals surface area contributed by atoms with E-state index < -0.39 is 0 Å². The third kappa shape index (κ3) is 2.75. The maximum absolute atomic E-state index is 12.0. The van der Waals surface area contributed by atoms with Gasteiger partial charge < -0.3 is 14.5 Å². The van der Waals surface area contributed by atoms with Crippen LogP contribution < -0.4 is 9.64 Å². The van der Waals surface area contributed by atoms with Crippen molar-refractivity contribution in [3.63, 3.8) is 0 Å². The Balaban J connectivity index is 1.71. The van der Waals surface area contributed by atoms with Crippen LogP contribution in [0.25, 0.3) is 22.2 Å². The van der Waals surface area contributed by atoms with Crippen LogP contribution in [0.15, 0.2) is 30.6 Å². The van der Waals surface area contributed by atoms with Crippen LogP contribution in [0, 0.1) is 0 Å². The van der Waals surface area contributed by atoms with Crippen molar-refractivity contribution in [2.24, 2.45) is 0 Å². The van der Waals surface area contributed by atoms with Crippen LogP contribution in [0.5, 0.6) is 5.88 Å². The first-order valence-electron chi connectivity index (χ1n) is 7.99. The largest absolute Gasteiger partial charge is 0.481 e. The van der Waals surface area contributed by atoms with Crippen LogP contribution in [-0.4, -0.2) is 64.8 Å². The van der Waals surface area contributed by atoms with Gasteiger partial charge in [-0.2, -0.15) is 5.10 Å². The van der Waals surface area contributed by atoms with E-state index in [-0.39, 0.29) is 5.91 Å². The Bertz CT molecular complexity index is 938. The molecule has 1 N–H and O–H groups in total. The van der Waals surface area contributed by atoms with Gasteiger partial charge in [0.15, 0.2) is 0 Å². The van der Waals surface area contributed by atoms with E-state index in [2.05, 4.69) is 20.2 Å². The predicted octanol–water partition coefficient (Wildman–Crippen LogP) is 1.31. The number of piperazine rings is 1. The fourth-order valence-electron chi connectivity index (χ4n) is 2.92. The summed E-state index contributed by atoms with van der Waals surface area (Å²) in [5.74, 6) is 1.41. The van der Waals surface area contributed by atoms with E-state index in [1.165, 1.54) is 0 Å². The van der Waals surface area contributed by atoms with Gasteiger partial charge in [0.05, 0.1) is 25.4 Å². The van der Waals surface area contributed by atoms with Crippen LogP contribution in [0.1, 0.15) is 0 Å². The van der Waals surface area contributed by atoms with Gasteiger partial charge in [0.2, 0.25) is 11.8 Å². The van der Waals surface area contributed by atoms with Gasteiger partial charge in [0, 0.05) is 43.4 Å². The molecule has 8 nitrogen and oxygen atoms in total. The second-order valence-corrected chi connectivity index (χ2v) is 5.98. The fourth-order valence-corrected chi connectivity index (χ4v) is 2.92. The highest BCUT2D eigenvalue weighted by atomic mass is 16.5. The van der Waals surface area contributed by atoms with Crippen molar-refractivity contribution in [1.29, 1.82) is 0 Å². The summed E-state index contributed by atoms with van der Waals surface area (Å²) in [5, 5.41) is 8.33. The summed E-state index contributed by atoms with van der Waals surface area (Å²) in [6, 6.07) is 5.72. The summed E-state index contributed by atoms with van der Waals surface area (Å²) in [6.07, 6.45) is 3.44. The van der Waals surface area contributed by atoms with Gasteiger partial charge in [-0.3, -0.25) is 9.89 Å². The van der Waals surface area contributed by atoms with Gasteiger partial charge in [-0.05, 0) is 12.1 Å². The molecule has 0 unspecified atom stereocenters. The topological polar surface area (TPSA) is 87.2 Å². The van der Waals surface area contributed by atoms with Crippen LogP contribution in [0.3, 0.4) is 0 Å². The van der Waals surface area contributed by atoms with Crippen molar-refractivity contribution in [2.45, 2.75) is 0 Å². The Kier molecular flexibility index (Phi) is 3.72. The molecule has 1 saturated heterocycles. The van der Waals surface area contributed by atoms with Gasteiger partial charge >= 0.3 is 0 Å². The van der Waals surface area contributed by atoms with E-state index in [9.17, 15) is 4.79 Å². The minimum Gasteiger partial charge on any atom is -0.481 e. The van der Waals surface area contributed by atoms with Gasteiger partial charge in [0.25, 0.3) is 0 Å². The quantitative estimate of drug-likeness (QED) is 0.775. The molecule has 4 heterocycles. The number of nitrogens with one attached hydrogen (secondary N) is 1. The monoisotopic (exact) mass is 338 g/mol. The van der Waals surface area contributed by atoms with Crippen molar-refractivity contribution in [1.82, 2.24) is 25.1 Å². The summed E-state index contributed by atoms with van der Waals surface area (Å²) in [7, 11) is 3.41. The fraction of sp³-hybridized carbons (Fsp3) is 0.294. The highest BCUT2D eigenvalue weighted by Gasteiger charge is 2.22. The molecule has 0 aliphatic carbocycles. The minimum atomic E-state index is 0.0967. The lowest BCUT2D eigenvalue weighted by molar-refractivity contribution is -0.129. The Hall–Kier alpha value is -3.16. The van der Waals surface area contributed by atoms with E-state index in [1.54, 1.807) is 24.4 Å².